The molecule has 0 aliphatic heterocycles. The van der Waals surface area contributed by atoms with Crippen LogP contribution >= 0.6 is 11.6 Å². The summed E-state index contributed by atoms with van der Waals surface area (Å²) in [6.45, 7) is 3.67. The van der Waals surface area contributed by atoms with Crippen LogP contribution in [0.25, 0.3) is 0 Å². The Morgan fingerprint density at radius 2 is 1.58 bits per heavy atom. The molecule has 0 aliphatic carbocycles. The van der Waals surface area contributed by atoms with Crippen LogP contribution < -0.4 is 10.1 Å². The van der Waals surface area contributed by atoms with Crippen LogP contribution in [0, 0.1) is 0 Å². The zero-order valence-electron chi connectivity index (χ0n) is 20.6. The first kappa shape index (κ1) is 27.2. The Morgan fingerprint density at radius 1 is 0.917 bits per heavy atom. The molecule has 36 heavy (non-hydrogen) atoms. The monoisotopic (exact) mass is 508 g/mol. The highest BCUT2D eigenvalue weighted by molar-refractivity contribution is 6.30. The fourth-order valence-electron chi connectivity index (χ4n) is 3.73. The largest absolute Gasteiger partial charge is 0.484 e. The van der Waals surface area contributed by atoms with Crippen molar-refractivity contribution in [3.05, 3.63) is 101 Å². The van der Waals surface area contributed by atoms with Gasteiger partial charge in [-0.25, -0.2) is 0 Å². The first-order valence-electron chi connectivity index (χ1n) is 12.2. The van der Waals surface area contributed by atoms with Crippen molar-refractivity contribution in [3.8, 4) is 5.75 Å². The lowest BCUT2D eigenvalue weighted by Gasteiger charge is -2.31. The molecule has 1 unspecified atom stereocenters. The summed E-state index contributed by atoms with van der Waals surface area (Å²) in [7, 11) is 0. The van der Waals surface area contributed by atoms with Crippen molar-refractivity contribution in [2.24, 2.45) is 0 Å². The van der Waals surface area contributed by atoms with Crippen molar-refractivity contribution in [2.75, 3.05) is 26.4 Å². The van der Waals surface area contributed by atoms with E-state index in [9.17, 15) is 9.59 Å². The summed E-state index contributed by atoms with van der Waals surface area (Å²) in [5.41, 5.74) is 1.83. The summed E-state index contributed by atoms with van der Waals surface area (Å²) in [6, 6.07) is 25.4. The van der Waals surface area contributed by atoms with Crippen LogP contribution in [0.4, 0.5) is 0 Å². The van der Waals surface area contributed by atoms with Crippen LogP contribution in [0.5, 0.6) is 5.75 Å². The maximum atomic E-state index is 13.5. The van der Waals surface area contributed by atoms with Gasteiger partial charge >= 0.3 is 0 Å². The number of carbonyl (C=O) groups excluding carboxylic acids is 2. The number of rotatable bonds is 14. The summed E-state index contributed by atoms with van der Waals surface area (Å²) < 4.78 is 11.1. The average molecular weight is 509 g/mol. The zero-order valence-corrected chi connectivity index (χ0v) is 21.3. The third-order valence-electron chi connectivity index (χ3n) is 5.61. The van der Waals surface area contributed by atoms with Crippen LogP contribution in [0.2, 0.25) is 5.02 Å². The second-order valence-electron chi connectivity index (χ2n) is 8.30. The van der Waals surface area contributed by atoms with Crippen LogP contribution in [0.15, 0.2) is 84.9 Å². The van der Waals surface area contributed by atoms with E-state index in [-0.39, 0.29) is 25.0 Å². The Morgan fingerprint density at radius 3 is 2.25 bits per heavy atom. The third kappa shape index (κ3) is 9.02. The summed E-state index contributed by atoms with van der Waals surface area (Å²) in [4.78, 5) is 28.5. The molecule has 3 rings (SSSR count). The molecule has 0 aromatic heterocycles. The van der Waals surface area contributed by atoms with Crippen LogP contribution in [0.3, 0.4) is 0 Å². The Labute approximate surface area is 218 Å². The van der Waals surface area contributed by atoms with E-state index in [1.807, 2.05) is 67.6 Å². The minimum Gasteiger partial charge on any atom is -0.484 e. The molecule has 2 amide bonds. The van der Waals surface area contributed by atoms with E-state index in [1.54, 1.807) is 29.2 Å². The highest BCUT2D eigenvalue weighted by atomic mass is 35.5. The van der Waals surface area contributed by atoms with Gasteiger partial charge in [0.2, 0.25) is 5.91 Å². The summed E-state index contributed by atoms with van der Waals surface area (Å²) >= 11 is 6.07. The zero-order chi connectivity index (χ0) is 25.6. The van der Waals surface area contributed by atoms with Gasteiger partial charge in [0, 0.05) is 37.7 Å². The number of amides is 2. The van der Waals surface area contributed by atoms with Crippen molar-refractivity contribution >= 4 is 23.4 Å². The van der Waals surface area contributed by atoms with E-state index < -0.39 is 6.04 Å². The fraction of sp³-hybridized carbons (Fsp3) is 0.310. The molecule has 3 aromatic rings. The highest BCUT2D eigenvalue weighted by Crippen LogP contribution is 2.18. The number of hydrogen-bond donors (Lipinski definition) is 1. The van der Waals surface area contributed by atoms with Crippen molar-refractivity contribution in [3.63, 3.8) is 0 Å². The number of hydrogen-bond acceptors (Lipinski definition) is 4. The lowest BCUT2D eigenvalue weighted by Crippen LogP contribution is -2.51. The number of benzene rings is 3. The number of para-hydroxylation sites is 1. The molecular weight excluding hydrogens is 476 g/mol. The smallest absolute Gasteiger partial charge is 0.261 e. The fourth-order valence-corrected chi connectivity index (χ4v) is 3.86. The molecule has 0 radical (unpaired) electrons. The average Bonchev–Trinajstić information content (AvgIpc) is 2.91. The molecule has 0 aliphatic rings. The molecule has 1 atom stereocenters. The molecule has 0 saturated carbocycles. The van der Waals surface area contributed by atoms with Crippen LogP contribution in [0.1, 0.15) is 24.5 Å². The Hall–Kier alpha value is -3.35. The molecule has 7 heteroatoms. The number of halogens is 1. The molecule has 0 saturated heterocycles. The summed E-state index contributed by atoms with van der Waals surface area (Å²) in [5, 5.41) is 3.60. The van der Waals surface area contributed by atoms with E-state index in [0.29, 0.717) is 43.4 Å². The van der Waals surface area contributed by atoms with Gasteiger partial charge in [0.25, 0.3) is 5.91 Å². The minimum absolute atomic E-state index is 0.180. The maximum absolute atomic E-state index is 13.5. The van der Waals surface area contributed by atoms with E-state index in [2.05, 4.69) is 5.32 Å². The van der Waals surface area contributed by atoms with E-state index in [1.165, 1.54) is 0 Å². The van der Waals surface area contributed by atoms with Crippen LogP contribution in [-0.4, -0.2) is 49.1 Å². The van der Waals surface area contributed by atoms with Gasteiger partial charge in [-0.3, -0.25) is 9.59 Å². The lowest BCUT2D eigenvalue weighted by atomic mass is 10.0. The molecule has 3 aromatic carbocycles. The van der Waals surface area contributed by atoms with Gasteiger partial charge < -0.3 is 19.7 Å². The molecule has 0 fully saturated rings. The second kappa shape index (κ2) is 14.9. The SMILES string of the molecule is CCOCCCNC(=O)C(Cc1ccccc1)N(Cc1ccc(Cl)cc1)C(=O)COc1ccccc1. The quantitative estimate of drug-likeness (QED) is 0.314. The number of carbonyl (C=O) groups is 2. The van der Waals surface area contributed by atoms with E-state index >= 15 is 0 Å². The van der Waals surface area contributed by atoms with Gasteiger partial charge in [-0.15, -0.1) is 0 Å². The minimum atomic E-state index is -0.720. The first-order chi connectivity index (χ1) is 17.6. The predicted molar refractivity (Wildman–Crippen MR) is 142 cm³/mol. The maximum Gasteiger partial charge on any atom is 0.261 e. The Kier molecular flexibility index (Phi) is 11.3. The number of nitrogens with one attached hydrogen (secondary N) is 1. The first-order valence-corrected chi connectivity index (χ1v) is 12.6. The predicted octanol–water partition coefficient (Wildman–Crippen LogP) is 4.90. The summed E-state index contributed by atoms with van der Waals surface area (Å²) in [6.07, 6.45) is 1.07. The van der Waals surface area contributed by atoms with E-state index in [0.717, 1.165) is 11.1 Å². The topological polar surface area (TPSA) is 67.9 Å². The van der Waals surface area contributed by atoms with Crippen molar-refractivity contribution in [2.45, 2.75) is 32.4 Å². The second-order valence-corrected chi connectivity index (χ2v) is 8.73. The molecule has 1 N–H and O–H groups in total. The highest BCUT2D eigenvalue weighted by Gasteiger charge is 2.30. The number of nitrogens with zero attached hydrogens (tertiary/aromatic N) is 1. The van der Waals surface area contributed by atoms with Gasteiger partial charge in [0.1, 0.15) is 11.8 Å². The van der Waals surface area contributed by atoms with E-state index in [4.69, 9.17) is 21.1 Å². The van der Waals surface area contributed by atoms with Gasteiger partial charge in [-0.05, 0) is 48.7 Å². The summed E-state index contributed by atoms with van der Waals surface area (Å²) in [5.74, 6) is 0.105. The van der Waals surface area contributed by atoms with Crippen molar-refractivity contribution in [1.82, 2.24) is 10.2 Å². The van der Waals surface area contributed by atoms with Crippen LogP contribution in [-0.2, 0) is 27.3 Å². The molecule has 0 heterocycles. The van der Waals surface area contributed by atoms with Gasteiger partial charge in [0.15, 0.2) is 6.61 Å². The number of ether oxygens (including phenoxy) is 2. The molecule has 190 valence electrons. The Balaban J connectivity index is 1.83. The molecule has 0 spiro atoms. The molecule has 6 nitrogen and oxygen atoms in total. The van der Waals surface area contributed by atoms with Gasteiger partial charge in [-0.2, -0.15) is 0 Å². The van der Waals surface area contributed by atoms with Gasteiger partial charge in [-0.1, -0.05) is 72.3 Å². The van der Waals surface area contributed by atoms with Gasteiger partial charge in [0.05, 0.1) is 0 Å². The normalized spacial score (nSPS) is 11.5. The third-order valence-corrected chi connectivity index (χ3v) is 5.86. The molecular formula is C29H33ClN2O4. The van der Waals surface area contributed by atoms with Crippen molar-refractivity contribution in [1.29, 1.82) is 0 Å². The lowest BCUT2D eigenvalue weighted by molar-refractivity contribution is -0.142. The standard InChI is InChI=1S/C29H33ClN2O4/c1-2-35-19-9-18-31-29(34)27(20-23-10-5-3-6-11-23)32(21-24-14-16-25(30)17-15-24)28(33)22-36-26-12-7-4-8-13-26/h3-8,10-17,27H,2,9,18-22H2,1H3,(H,31,34). The molecule has 0 bridgehead atoms. The van der Waals surface area contributed by atoms with Crippen molar-refractivity contribution < 1.29 is 19.1 Å². The Bertz CT molecular complexity index is 1060.